The zero-order valence-electron chi connectivity index (χ0n) is 10.2. The molecule has 2 aliphatic rings. The highest BCUT2D eigenvalue weighted by Gasteiger charge is 2.41. The average molecular weight is 224 g/mol. The van der Waals surface area contributed by atoms with Gasteiger partial charge in [-0.05, 0) is 57.3 Å². The van der Waals surface area contributed by atoms with E-state index in [1.807, 2.05) is 6.92 Å². The second kappa shape index (κ2) is 5.17. The van der Waals surface area contributed by atoms with Crippen LogP contribution in [0.4, 0.5) is 0 Å². The van der Waals surface area contributed by atoms with E-state index in [-0.39, 0.29) is 11.9 Å². The summed E-state index contributed by atoms with van der Waals surface area (Å²) in [5.41, 5.74) is 5.66. The maximum absolute atomic E-state index is 11.7. The summed E-state index contributed by atoms with van der Waals surface area (Å²) in [5, 5.41) is 3.23. The molecule has 3 nitrogen and oxygen atoms in total. The van der Waals surface area contributed by atoms with E-state index in [1.54, 1.807) is 0 Å². The highest BCUT2D eigenvalue weighted by molar-refractivity contribution is 5.76. The Labute approximate surface area is 98.2 Å². The minimum absolute atomic E-state index is 0.218. The Balaban J connectivity index is 1.64. The summed E-state index contributed by atoms with van der Waals surface area (Å²) in [6.45, 7) is 2.00. The van der Waals surface area contributed by atoms with Crippen molar-refractivity contribution >= 4 is 5.91 Å². The summed E-state index contributed by atoms with van der Waals surface area (Å²) < 4.78 is 0. The molecule has 2 rings (SSSR count). The third kappa shape index (κ3) is 3.78. The number of hydrogen-bond donors (Lipinski definition) is 2. The molecule has 3 N–H and O–H groups in total. The number of nitrogens with one attached hydrogen (secondary N) is 1. The van der Waals surface area contributed by atoms with Crippen LogP contribution >= 0.6 is 0 Å². The van der Waals surface area contributed by atoms with E-state index in [0.717, 1.165) is 24.7 Å². The standard InChI is InChI=1S/C13H24N2O/c1-9(14)3-2-4-12(16)15-13(10-5-6-10)11-7-8-11/h9-11,13H,2-8,14H2,1H3,(H,15,16). The molecule has 16 heavy (non-hydrogen) atoms. The fourth-order valence-electron chi connectivity index (χ4n) is 2.37. The van der Waals surface area contributed by atoms with E-state index in [2.05, 4.69) is 5.32 Å². The quantitative estimate of drug-likeness (QED) is 0.693. The molecule has 1 amide bonds. The Morgan fingerprint density at radius 1 is 1.31 bits per heavy atom. The minimum atomic E-state index is 0.218. The van der Waals surface area contributed by atoms with Crippen molar-refractivity contribution in [3.63, 3.8) is 0 Å². The van der Waals surface area contributed by atoms with E-state index >= 15 is 0 Å². The normalized spacial score (nSPS) is 22.2. The van der Waals surface area contributed by atoms with Crippen LogP contribution in [0.2, 0.25) is 0 Å². The van der Waals surface area contributed by atoms with Gasteiger partial charge in [-0.3, -0.25) is 4.79 Å². The smallest absolute Gasteiger partial charge is 0.220 e. The first-order valence-corrected chi connectivity index (χ1v) is 6.71. The highest BCUT2D eigenvalue weighted by atomic mass is 16.1. The van der Waals surface area contributed by atoms with Gasteiger partial charge in [0.25, 0.3) is 0 Å². The second-order valence-electron chi connectivity index (χ2n) is 5.64. The summed E-state index contributed by atoms with van der Waals surface area (Å²) in [5.74, 6) is 1.83. The molecule has 0 spiro atoms. The van der Waals surface area contributed by atoms with Crippen LogP contribution in [-0.2, 0) is 4.79 Å². The van der Waals surface area contributed by atoms with Gasteiger partial charge in [0.05, 0.1) is 0 Å². The van der Waals surface area contributed by atoms with Crippen molar-refractivity contribution in [3.05, 3.63) is 0 Å². The van der Waals surface area contributed by atoms with Crippen molar-refractivity contribution in [2.24, 2.45) is 17.6 Å². The molecular formula is C13H24N2O. The fraction of sp³-hybridized carbons (Fsp3) is 0.923. The topological polar surface area (TPSA) is 55.1 Å². The zero-order valence-corrected chi connectivity index (χ0v) is 10.2. The first-order chi connectivity index (χ1) is 7.66. The average Bonchev–Trinajstić information content (AvgIpc) is 3.06. The molecule has 0 bridgehead atoms. The number of carbonyl (C=O) groups excluding carboxylic acids is 1. The van der Waals surface area contributed by atoms with Gasteiger partial charge in [-0.2, -0.15) is 0 Å². The van der Waals surface area contributed by atoms with Crippen LogP contribution in [0, 0.1) is 11.8 Å². The molecule has 0 aromatic carbocycles. The van der Waals surface area contributed by atoms with Gasteiger partial charge in [0.1, 0.15) is 0 Å². The largest absolute Gasteiger partial charge is 0.353 e. The van der Waals surface area contributed by atoms with Crippen molar-refractivity contribution in [2.45, 2.75) is 64.0 Å². The van der Waals surface area contributed by atoms with Gasteiger partial charge >= 0.3 is 0 Å². The maximum atomic E-state index is 11.7. The number of carbonyl (C=O) groups is 1. The molecule has 0 heterocycles. The third-order valence-corrected chi connectivity index (χ3v) is 3.65. The summed E-state index contributed by atoms with van der Waals surface area (Å²) in [7, 11) is 0. The van der Waals surface area contributed by atoms with Crippen LogP contribution in [0.15, 0.2) is 0 Å². The molecule has 2 aliphatic carbocycles. The van der Waals surface area contributed by atoms with E-state index in [1.165, 1.54) is 25.7 Å². The molecule has 2 saturated carbocycles. The first kappa shape index (κ1) is 11.9. The van der Waals surface area contributed by atoms with Crippen molar-refractivity contribution < 1.29 is 4.79 Å². The summed E-state index contributed by atoms with van der Waals surface area (Å²) in [4.78, 5) is 11.7. The number of hydrogen-bond acceptors (Lipinski definition) is 2. The number of amides is 1. The van der Waals surface area contributed by atoms with Crippen LogP contribution in [0.5, 0.6) is 0 Å². The molecule has 0 aliphatic heterocycles. The molecule has 0 saturated heterocycles. The molecule has 3 heteroatoms. The lowest BCUT2D eigenvalue weighted by Gasteiger charge is -2.17. The maximum Gasteiger partial charge on any atom is 0.220 e. The summed E-state index contributed by atoms with van der Waals surface area (Å²) in [6.07, 6.45) is 7.80. The van der Waals surface area contributed by atoms with Crippen LogP contribution < -0.4 is 11.1 Å². The van der Waals surface area contributed by atoms with Gasteiger partial charge in [0, 0.05) is 18.5 Å². The Morgan fingerprint density at radius 3 is 2.31 bits per heavy atom. The van der Waals surface area contributed by atoms with Crippen molar-refractivity contribution in [1.29, 1.82) is 0 Å². The molecule has 0 radical (unpaired) electrons. The van der Waals surface area contributed by atoms with Crippen LogP contribution in [0.3, 0.4) is 0 Å². The summed E-state index contributed by atoms with van der Waals surface area (Å²) >= 11 is 0. The Bertz CT molecular complexity index is 232. The van der Waals surface area contributed by atoms with Gasteiger partial charge in [-0.1, -0.05) is 0 Å². The van der Waals surface area contributed by atoms with Crippen LogP contribution in [0.25, 0.3) is 0 Å². The van der Waals surface area contributed by atoms with E-state index < -0.39 is 0 Å². The minimum Gasteiger partial charge on any atom is -0.353 e. The van der Waals surface area contributed by atoms with Gasteiger partial charge in [0.15, 0.2) is 0 Å². The second-order valence-corrected chi connectivity index (χ2v) is 5.64. The zero-order chi connectivity index (χ0) is 11.5. The lowest BCUT2D eigenvalue weighted by atomic mass is 10.1. The van der Waals surface area contributed by atoms with E-state index in [4.69, 9.17) is 5.73 Å². The monoisotopic (exact) mass is 224 g/mol. The SMILES string of the molecule is CC(N)CCCC(=O)NC(C1CC1)C1CC1. The summed E-state index contributed by atoms with van der Waals surface area (Å²) in [6, 6.07) is 0.721. The first-order valence-electron chi connectivity index (χ1n) is 6.71. The molecule has 92 valence electrons. The molecule has 2 fully saturated rings. The molecular weight excluding hydrogens is 200 g/mol. The predicted molar refractivity (Wildman–Crippen MR) is 64.9 cm³/mol. The van der Waals surface area contributed by atoms with Gasteiger partial charge in [0.2, 0.25) is 5.91 Å². The predicted octanol–water partition coefficient (Wildman–Crippen LogP) is 1.81. The van der Waals surface area contributed by atoms with Crippen molar-refractivity contribution in [1.82, 2.24) is 5.32 Å². The van der Waals surface area contributed by atoms with Crippen LogP contribution in [-0.4, -0.2) is 18.0 Å². The number of rotatable bonds is 7. The molecule has 1 atom stereocenters. The van der Waals surface area contributed by atoms with Crippen molar-refractivity contribution in [2.75, 3.05) is 0 Å². The van der Waals surface area contributed by atoms with Gasteiger partial charge in [-0.15, -0.1) is 0 Å². The van der Waals surface area contributed by atoms with Crippen molar-refractivity contribution in [3.8, 4) is 0 Å². The fourth-order valence-corrected chi connectivity index (χ4v) is 2.37. The lowest BCUT2D eigenvalue weighted by Crippen LogP contribution is -2.38. The molecule has 0 aromatic heterocycles. The van der Waals surface area contributed by atoms with E-state index in [0.29, 0.717) is 12.5 Å². The lowest BCUT2D eigenvalue weighted by molar-refractivity contribution is -0.122. The molecule has 0 aromatic rings. The third-order valence-electron chi connectivity index (χ3n) is 3.65. The van der Waals surface area contributed by atoms with Gasteiger partial charge in [-0.25, -0.2) is 0 Å². The number of nitrogens with two attached hydrogens (primary N) is 1. The Morgan fingerprint density at radius 2 is 1.88 bits per heavy atom. The van der Waals surface area contributed by atoms with Crippen LogP contribution in [0.1, 0.15) is 51.9 Å². The van der Waals surface area contributed by atoms with E-state index in [9.17, 15) is 4.79 Å². The highest BCUT2D eigenvalue weighted by Crippen LogP contribution is 2.44. The Kier molecular flexibility index (Phi) is 3.85. The molecule has 1 unspecified atom stereocenters. The Hall–Kier alpha value is -0.570. The van der Waals surface area contributed by atoms with Gasteiger partial charge < -0.3 is 11.1 Å².